The molecule has 1 aromatic carbocycles. The van der Waals surface area contributed by atoms with E-state index in [1.807, 2.05) is 24.3 Å². The van der Waals surface area contributed by atoms with Crippen molar-refractivity contribution in [3.63, 3.8) is 0 Å². The number of hydrogen-bond acceptors (Lipinski definition) is 4. The summed E-state index contributed by atoms with van der Waals surface area (Å²) in [5, 5.41) is 8.21. The molecule has 1 aliphatic heterocycles. The molecule has 0 spiro atoms. The van der Waals surface area contributed by atoms with Crippen LogP contribution in [0.3, 0.4) is 0 Å². The molecular weight excluding hydrogens is 274 g/mol. The molecule has 1 saturated heterocycles. The van der Waals surface area contributed by atoms with Gasteiger partial charge in [-0.2, -0.15) is 4.98 Å². The number of piperidine rings is 1. The molecule has 5 heteroatoms. The normalized spacial score (nSPS) is 19.1. The lowest BCUT2D eigenvalue weighted by Crippen LogP contribution is -2.30. The van der Waals surface area contributed by atoms with Gasteiger partial charge in [-0.15, -0.1) is 0 Å². The van der Waals surface area contributed by atoms with Gasteiger partial charge in [0.25, 0.3) is 0 Å². The van der Waals surface area contributed by atoms with Crippen LogP contribution in [0.4, 0.5) is 0 Å². The first-order chi connectivity index (χ1) is 9.79. The topological polar surface area (TPSA) is 51.0 Å². The Labute approximate surface area is 123 Å². The summed E-state index contributed by atoms with van der Waals surface area (Å²) in [6, 6.07) is 7.74. The van der Waals surface area contributed by atoms with E-state index in [4.69, 9.17) is 16.1 Å². The highest BCUT2D eigenvalue weighted by Crippen LogP contribution is 2.16. The summed E-state index contributed by atoms with van der Waals surface area (Å²) in [4.78, 5) is 4.48. The monoisotopic (exact) mass is 291 g/mol. The molecule has 1 aliphatic rings. The van der Waals surface area contributed by atoms with Crippen LogP contribution in [0, 0.1) is 5.92 Å². The van der Waals surface area contributed by atoms with E-state index in [0.29, 0.717) is 12.3 Å². The highest BCUT2D eigenvalue weighted by Gasteiger charge is 2.17. The van der Waals surface area contributed by atoms with Crippen molar-refractivity contribution < 1.29 is 4.52 Å². The highest BCUT2D eigenvalue weighted by atomic mass is 35.5. The Kier molecular flexibility index (Phi) is 4.33. The number of nitrogens with one attached hydrogen (secondary N) is 1. The minimum Gasteiger partial charge on any atom is -0.339 e. The third-order valence-corrected chi connectivity index (χ3v) is 3.90. The van der Waals surface area contributed by atoms with E-state index < -0.39 is 0 Å². The zero-order valence-electron chi connectivity index (χ0n) is 11.3. The van der Waals surface area contributed by atoms with Crippen molar-refractivity contribution in [2.45, 2.75) is 25.7 Å². The first-order valence-corrected chi connectivity index (χ1v) is 7.44. The lowest BCUT2D eigenvalue weighted by atomic mass is 9.96. The highest BCUT2D eigenvalue weighted by molar-refractivity contribution is 6.30. The molecular formula is C15H18ClN3O. The Morgan fingerprint density at radius 3 is 2.90 bits per heavy atom. The third kappa shape index (κ3) is 3.58. The van der Waals surface area contributed by atoms with Gasteiger partial charge in [0, 0.05) is 17.9 Å². The Hall–Kier alpha value is -1.39. The Bertz CT molecular complexity index is 547. The fraction of sp³-hybridized carbons (Fsp3) is 0.467. The molecule has 0 aliphatic carbocycles. The molecule has 106 valence electrons. The van der Waals surface area contributed by atoms with Gasteiger partial charge in [0.05, 0.1) is 0 Å². The fourth-order valence-corrected chi connectivity index (χ4v) is 2.70. The van der Waals surface area contributed by atoms with Gasteiger partial charge in [-0.3, -0.25) is 0 Å². The van der Waals surface area contributed by atoms with Crippen LogP contribution >= 0.6 is 11.6 Å². The quantitative estimate of drug-likeness (QED) is 0.941. The Morgan fingerprint density at radius 1 is 1.30 bits per heavy atom. The van der Waals surface area contributed by atoms with Gasteiger partial charge in [-0.05, 0) is 49.5 Å². The lowest BCUT2D eigenvalue weighted by Gasteiger charge is -2.20. The van der Waals surface area contributed by atoms with Crippen LogP contribution in [0.25, 0.3) is 0 Å². The first kappa shape index (κ1) is 13.6. The van der Waals surface area contributed by atoms with E-state index in [9.17, 15) is 0 Å². The number of aromatic nitrogens is 2. The number of benzene rings is 1. The van der Waals surface area contributed by atoms with Gasteiger partial charge in [0.1, 0.15) is 0 Å². The second-order valence-electron chi connectivity index (χ2n) is 5.32. The largest absolute Gasteiger partial charge is 0.339 e. The molecule has 2 heterocycles. The van der Waals surface area contributed by atoms with Crippen molar-refractivity contribution in [1.82, 2.24) is 15.5 Å². The van der Waals surface area contributed by atoms with E-state index in [1.54, 1.807) is 0 Å². The van der Waals surface area contributed by atoms with Gasteiger partial charge in [-0.25, -0.2) is 0 Å². The van der Waals surface area contributed by atoms with Crippen LogP contribution in [0.1, 0.15) is 30.1 Å². The average molecular weight is 292 g/mol. The van der Waals surface area contributed by atoms with Crippen LogP contribution in [0.5, 0.6) is 0 Å². The Morgan fingerprint density at radius 2 is 2.15 bits per heavy atom. The van der Waals surface area contributed by atoms with Gasteiger partial charge in [0.15, 0.2) is 5.82 Å². The zero-order valence-corrected chi connectivity index (χ0v) is 12.1. The molecule has 1 unspecified atom stereocenters. The minimum atomic E-state index is 0.618. The van der Waals surface area contributed by atoms with Crippen LogP contribution in [0.2, 0.25) is 5.02 Å². The Balaban J connectivity index is 1.60. The van der Waals surface area contributed by atoms with E-state index >= 15 is 0 Å². The number of rotatable bonds is 4. The van der Waals surface area contributed by atoms with Crippen molar-refractivity contribution in [3.8, 4) is 0 Å². The van der Waals surface area contributed by atoms with Crippen LogP contribution in [-0.2, 0) is 12.8 Å². The van der Waals surface area contributed by atoms with E-state index in [2.05, 4.69) is 15.5 Å². The fourth-order valence-electron chi connectivity index (χ4n) is 2.57. The molecule has 1 N–H and O–H groups in total. The maximum Gasteiger partial charge on any atom is 0.226 e. The molecule has 20 heavy (non-hydrogen) atoms. The van der Waals surface area contributed by atoms with Crippen molar-refractivity contribution in [2.75, 3.05) is 13.1 Å². The SMILES string of the molecule is Clc1ccc(Cc2noc(CC3CCCNC3)n2)cc1. The summed E-state index contributed by atoms with van der Waals surface area (Å²) in [5.74, 6) is 2.11. The molecule has 4 nitrogen and oxygen atoms in total. The van der Waals surface area contributed by atoms with Crippen LogP contribution < -0.4 is 5.32 Å². The third-order valence-electron chi connectivity index (χ3n) is 3.65. The van der Waals surface area contributed by atoms with Crippen molar-refractivity contribution >= 4 is 11.6 Å². The molecule has 0 bridgehead atoms. The first-order valence-electron chi connectivity index (χ1n) is 7.06. The minimum absolute atomic E-state index is 0.618. The van der Waals surface area contributed by atoms with Crippen molar-refractivity contribution in [2.24, 2.45) is 5.92 Å². The van der Waals surface area contributed by atoms with Gasteiger partial charge >= 0.3 is 0 Å². The summed E-state index contributed by atoms with van der Waals surface area (Å²) >= 11 is 5.87. The van der Waals surface area contributed by atoms with E-state index in [-0.39, 0.29) is 0 Å². The second-order valence-corrected chi connectivity index (χ2v) is 5.76. The summed E-state index contributed by atoms with van der Waals surface area (Å²) in [7, 11) is 0. The smallest absolute Gasteiger partial charge is 0.226 e. The maximum atomic E-state index is 5.87. The van der Waals surface area contributed by atoms with Crippen molar-refractivity contribution in [3.05, 3.63) is 46.6 Å². The summed E-state index contributed by atoms with van der Waals surface area (Å²) in [6.07, 6.45) is 4.03. The number of halogens is 1. The van der Waals surface area contributed by atoms with E-state index in [1.165, 1.54) is 12.8 Å². The summed E-state index contributed by atoms with van der Waals surface area (Å²) in [6.45, 7) is 2.18. The summed E-state index contributed by atoms with van der Waals surface area (Å²) in [5.41, 5.74) is 1.14. The molecule has 2 aromatic rings. The molecule has 3 rings (SSSR count). The molecule has 1 fully saturated rings. The molecule has 0 amide bonds. The van der Waals surface area contributed by atoms with Crippen LogP contribution in [-0.4, -0.2) is 23.2 Å². The van der Waals surface area contributed by atoms with E-state index in [0.717, 1.165) is 41.8 Å². The molecule has 1 aromatic heterocycles. The predicted octanol–water partition coefficient (Wildman–Crippen LogP) is 2.86. The maximum absolute atomic E-state index is 5.87. The average Bonchev–Trinajstić information content (AvgIpc) is 2.90. The molecule has 0 saturated carbocycles. The van der Waals surface area contributed by atoms with Gasteiger partial charge in [-0.1, -0.05) is 28.9 Å². The van der Waals surface area contributed by atoms with Crippen LogP contribution in [0.15, 0.2) is 28.8 Å². The predicted molar refractivity (Wildman–Crippen MR) is 77.9 cm³/mol. The molecule has 0 radical (unpaired) electrons. The standard InChI is InChI=1S/C15H18ClN3O/c16-13-5-3-11(4-6-13)8-14-18-15(20-19-14)9-12-2-1-7-17-10-12/h3-6,12,17H,1-2,7-10H2. The van der Waals surface area contributed by atoms with Gasteiger partial charge < -0.3 is 9.84 Å². The lowest BCUT2D eigenvalue weighted by molar-refractivity contribution is 0.314. The number of hydrogen-bond donors (Lipinski definition) is 1. The molecule has 1 atom stereocenters. The summed E-state index contributed by atoms with van der Waals surface area (Å²) < 4.78 is 5.35. The number of nitrogens with zero attached hydrogens (tertiary/aromatic N) is 2. The second kappa shape index (κ2) is 6.37. The van der Waals surface area contributed by atoms with Gasteiger partial charge in [0.2, 0.25) is 5.89 Å². The van der Waals surface area contributed by atoms with Crippen molar-refractivity contribution in [1.29, 1.82) is 0 Å². The zero-order chi connectivity index (χ0) is 13.8.